The lowest BCUT2D eigenvalue weighted by molar-refractivity contribution is 0.101. The van der Waals surface area contributed by atoms with Gasteiger partial charge in [-0.3, -0.25) is 9.48 Å². The van der Waals surface area contributed by atoms with Crippen LogP contribution in [0.1, 0.15) is 49.9 Å². The third-order valence-electron chi connectivity index (χ3n) is 5.78. The second-order valence-electron chi connectivity index (χ2n) is 8.41. The van der Waals surface area contributed by atoms with Gasteiger partial charge < -0.3 is 14.6 Å². The molecule has 1 N–H and O–H groups in total. The molecule has 0 aliphatic rings. The van der Waals surface area contributed by atoms with Crippen LogP contribution in [0, 0.1) is 40.4 Å². The third kappa shape index (κ3) is 4.85. The summed E-state index contributed by atoms with van der Waals surface area (Å²) in [6.45, 7) is 10.0. The number of nitrogens with zero attached hydrogens (tertiary/aromatic N) is 3. The Morgan fingerprint density at radius 3 is 2.56 bits per heavy atom. The molecule has 8 heteroatoms. The highest BCUT2D eigenvalue weighted by atomic mass is 19.1. The summed E-state index contributed by atoms with van der Waals surface area (Å²) in [6.07, 6.45) is 0. The smallest absolute Gasteiger partial charge is 0.278 e. The summed E-state index contributed by atoms with van der Waals surface area (Å²) >= 11 is 0. The molecule has 0 atom stereocenters. The number of rotatable bonds is 7. The van der Waals surface area contributed by atoms with E-state index in [4.69, 9.17) is 9.26 Å². The highest BCUT2D eigenvalue weighted by Gasteiger charge is 2.23. The van der Waals surface area contributed by atoms with Gasteiger partial charge >= 0.3 is 0 Å². The monoisotopic (exact) mass is 462 g/mol. The van der Waals surface area contributed by atoms with Crippen molar-refractivity contribution >= 4 is 11.6 Å². The van der Waals surface area contributed by atoms with Crippen molar-refractivity contribution in [2.45, 2.75) is 47.8 Å². The van der Waals surface area contributed by atoms with Gasteiger partial charge in [0.15, 0.2) is 5.69 Å². The lowest BCUT2D eigenvalue weighted by Gasteiger charge is -2.10. The zero-order chi connectivity index (χ0) is 24.4. The summed E-state index contributed by atoms with van der Waals surface area (Å²) in [5, 5.41) is 11.4. The van der Waals surface area contributed by atoms with E-state index >= 15 is 0 Å². The number of hydrogen-bond acceptors (Lipinski definition) is 5. The minimum Gasteiger partial charge on any atom is -0.488 e. The van der Waals surface area contributed by atoms with E-state index < -0.39 is 5.91 Å². The van der Waals surface area contributed by atoms with Gasteiger partial charge in [-0.1, -0.05) is 29.4 Å². The van der Waals surface area contributed by atoms with Crippen LogP contribution in [-0.2, 0) is 13.2 Å². The second kappa shape index (κ2) is 9.51. The average molecular weight is 463 g/mol. The highest BCUT2D eigenvalue weighted by Crippen LogP contribution is 2.25. The maximum Gasteiger partial charge on any atom is 0.278 e. The molecule has 0 spiro atoms. The quantitative estimate of drug-likeness (QED) is 0.396. The Morgan fingerprint density at radius 1 is 1.09 bits per heavy atom. The van der Waals surface area contributed by atoms with Crippen LogP contribution in [0.2, 0.25) is 0 Å². The highest BCUT2D eigenvalue weighted by molar-refractivity contribution is 6.04. The molecule has 176 valence electrons. The van der Waals surface area contributed by atoms with Crippen molar-refractivity contribution in [3.05, 3.63) is 93.4 Å². The molecule has 0 bridgehead atoms. The van der Waals surface area contributed by atoms with E-state index in [2.05, 4.69) is 15.6 Å². The first kappa shape index (κ1) is 23.2. The molecule has 7 nitrogen and oxygen atoms in total. The molecule has 0 aliphatic carbocycles. The molecule has 4 rings (SSSR count). The van der Waals surface area contributed by atoms with Crippen LogP contribution in [0.25, 0.3) is 0 Å². The summed E-state index contributed by atoms with van der Waals surface area (Å²) in [7, 11) is 0. The van der Waals surface area contributed by atoms with Crippen LogP contribution in [0.4, 0.5) is 10.1 Å². The Bertz CT molecular complexity index is 1340. The number of aromatic nitrogens is 3. The zero-order valence-electron chi connectivity index (χ0n) is 19.9. The number of benzene rings is 2. The van der Waals surface area contributed by atoms with E-state index in [9.17, 15) is 9.18 Å². The average Bonchev–Trinajstić information content (AvgIpc) is 3.30. The van der Waals surface area contributed by atoms with Crippen LogP contribution in [0.15, 0.2) is 47.0 Å². The van der Waals surface area contributed by atoms with Gasteiger partial charge in [0.05, 0.1) is 29.2 Å². The molecule has 0 aliphatic heterocycles. The first-order valence-electron chi connectivity index (χ1n) is 11.0. The van der Waals surface area contributed by atoms with Gasteiger partial charge in [0, 0.05) is 0 Å². The second-order valence-corrected chi connectivity index (χ2v) is 8.41. The lowest BCUT2D eigenvalue weighted by atomic mass is 10.1. The summed E-state index contributed by atoms with van der Waals surface area (Å²) in [5.41, 5.74) is 5.82. The molecule has 0 saturated heterocycles. The van der Waals surface area contributed by atoms with E-state index in [0.717, 1.165) is 28.1 Å². The van der Waals surface area contributed by atoms with E-state index in [1.807, 2.05) is 45.9 Å². The fourth-order valence-corrected chi connectivity index (χ4v) is 3.72. The molecule has 0 saturated carbocycles. The minimum absolute atomic E-state index is 0.157. The fourth-order valence-electron chi connectivity index (χ4n) is 3.72. The maximum atomic E-state index is 13.2. The van der Waals surface area contributed by atoms with Crippen LogP contribution in [0.3, 0.4) is 0 Å². The Kier molecular flexibility index (Phi) is 6.49. The summed E-state index contributed by atoms with van der Waals surface area (Å²) in [6, 6.07) is 12.2. The van der Waals surface area contributed by atoms with Crippen molar-refractivity contribution in [3.8, 4) is 5.75 Å². The van der Waals surface area contributed by atoms with Crippen molar-refractivity contribution < 1.29 is 18.4 Å². The van der Waals surface area contributed by atoms with Gasteiger partial charge in [-0.2, -0.15) is 5.10 Å². The number of carbonyl (C=O) groups is 1. The van der Waals surface area contributed by atoms with E-state index in [-0.39, 0.29) is 18.1 Å². The summed E-state index contributed by atoms with van der Waals surface area (Å²) in [5.74, 6) is 0.589. The Morgan fingerprint density at radius 2 is 1.82 bits per heavy atom. The van der Waals surface area contributed by atoms with Gasteiger partial charge in [0.1, 0.15) is 23.9 Å². The SMILES string of the molecule is Cc1ccc(C)c(OCc2c(C(=O)Nc3c(C)nn(Cc4ccc(F)cc4)c3C)noc2C)c1. The van der Waals surface area contributed by atoms with Crippen LogP contribution in [0.5, 0.6) is 5.75 Å². The molecular formula is C26H27FN4O3. The number of carbonyl (C=O) groups excluding carboxylic acids is 1. The largest absolute Gasteiger partial charge is 0.488 e. The predicted octanol–water partition coefficient (Wildman–Crippen LogP) is 5.43. The summed E-state index contributed by atoms with van der Waals surface area (Å²) in [4.78, 5) is 13.1. The van der Waals surface area contributed by atoms with Crippen LogP contribution >= 0.6 is 0 Å². The van der Waals surface area contributed by atoms with E-state index in [1.54, 1.807) is 23.7 Å². The molecular weight excluding hydrogens is 435 g/mol. The van der Waals surface area contributed by atoms with Crippen molar-refractivity contribution in [3.63, 3.8) is 0 Å². The Hall–Kier alpha value is -3.94. The predicted molar refractivity (Wildman–Crippen MR) is 127 cm³/mol. The molecule has 2 heterocycles. The number of aryl methyl sites for hydroxylation is 4. The van der Waals surface area contributed by atoms with Gasteiger partial charge in [0.25, 0.3) is 5.91 Å². The lowest BCUT2D eigenvalue weighted by Crippen LogP contribution is -2.16. The molecule has 0 fully saturated rings. The number of halogens is 1. The number of anilines is 1. The Balaban J connectivity index is 1.52. The van der Waals surface area contributed by atoms with E-state index in [0.29, 0.717) is 29.2 Å². The molecule has 0 radical (unpaired) electrons. The molecule has 34 heavy (non-hydrogen) atoms. The van der Waals surface area contributed by atoms with E-state index in [1.165, 1.54) is 12.1 Å². The normalized spacial score (nSPS) is 11.0. The van der Waals surface area contributed by atoms with Gasteiger partial charge in [-0.05, 0) is 69.5 Å². The topological polar surface area (TPSA) is 82.2 Å². The summed E-state index contributed by atoms with van der Waals surface area (Å²) < 4.78 is 26.3. The van der Waals surface area contributed by atoms with Crippen molar-refractivity contribution in [1.29, 1.82) is 0 Å². The van der Waals surface area contributed by atoms with Crippen molar-refractivity contribution in [2.75, 3.05) is 5.32 Å². The number of amides is 1. The van der Waals surface area contributed by atoms with Gasteiger partial charge in [-0.15, -0.1) is 0 Å². The number of ether oxygens (including phenoxy) is 1. The first-order valence-corrected chi connectivity index (χ1v) is 11.0. The van der Waals surface area contributed by atoms with Gasteiger partial charge in [0.2, 0.25) is 0 Å². The number of nitrogens with one attached hydrogen (secondary N) is 1. The van der Waals surface area contributed by atoms with Gasteiger partial charge in [-0.25, -0.2) is 4.39 Å². The fraction of sp³-hybridized carbons (Fsp3) is 0.269. The van der Waals surface area contributed by atoms with Crippen molar-refractivity contribution in [1.82, 2.24) is 14.9 Å². The molecule has 0 unspecified atom stereocenters. The molecule has 1 amide bonds. The number of hydrogen-bond donors (Lipinski definition) is 1. The molecule has 2 aromatic carbocycles. The minimum atomic E-state index is -0.399. The van der Waals surface area contributed by atoms with Crippen molar-refractivity contribution in [2.24, 2.45) is 0 Å². The molecule has 2 aromatic heterocycles. The van der Waals surface area contributed by atoms with Crippen LogP contribution in [-0.4, -0.2) is 20.8 Å². The standard InChI is InChI=1S/C26H27FN4O3/c1-15-6-7-16(2)23(12-15)33-14-22-19(5)34-30-25(22)26(32)28-24-17(3)29-31(18(24)4)13-20-8-10-21(27)11-9-20/h6-12H,13-14H2,1-5H3,(H,28,32). The first-order chi connectivity index (χ1) is 16.2. The molecule has 4 aromatic rings. The van der Waals surface area contributed by atoms with Crippen LogP contribution < -0.4 is 10.1 Å². The Labute approximate surface area is 197 Å². The zero-order valence-corrected chi connectivity index (χ0v) is 19.9. The third-order valence-corrected chi connectivity index (χ3v) is 5.78. The maximum absolute atomic E-state index is 13.2.